The molecule has 1 spiro atoms. The van der Waals surface area contributed by atoms with E-state index in [1.165, 1.54) is 31.2 Å². The molecule has 26 heavy (non-hydrogen) atoms. The minimum Gasteiger partial charge on any atom is -0.356 e. The Morgan fingerprint density at radius 3 is 2.58 bits per heavy atom. The van der Waals surface area contributed by atoms with Crippen molar-refractivity contribution in [3.05, 3.63) is 11.3 Å². The van der Waals surface area contributed by atoms with E-state index in [1.807, 2.05) is 19.0 Å². The number of piperidine rings is 2. The van der Waals surface area contributed by atoms with Crippen LogP contribution < -0.4 is 9.80 Å². The van der Waals surface area contributed by atoms with Gasteiger partial charge in [-0.1, -0.05) is 0 Å². The van der Waals surface area contributed by atoms with Gasteiger partial charge in [-0.3, -0.25) is 4.79 Å². The van der Waals surface area contributed by atoms with Crippen LogP contribution in [0.2, 0.25) is 0 Å². The van der Waals surface area contributed by atoms with Crippen molar-refractivity contribution >= 4 is 17.7 Å². The van der Waals surface area contributed by atoms with Crippen molar-refractivity contribution in [3.63, 3.8) is 0 Å². The maximum Gasteiger partial charge on any atom is 0.227 e. The summed E-state index contributed by atoms with van der Waals surface area (Å²) in [5, 5.41) is 0. The van der Waals surface area contributed by atoms with Crippen molar-refractivity contribution < 1.29 is 4.79 Å². The van der Waals surface area contributed by atoms with Crippen molar-refractivity contribution in [3.8, 4) is 0 Å². The highest BCUT2D eigenvalue weighted by atomic mass is 16.2. The number of anilines is 2. The second kappa shape index (κ2) is 6.39. The molecule has 0 N–H and O–H groups in total. The predicted molar refractivity (Wildman–Crippen MR) is 104 cm³/mol. The largest absolute Gasteiger partial charge is 0.356 e. The Kier molecular flexibility index (Phi) is 4.32. The van der Waals surface area contributed by atoms with E-state index < -0.39 is 0 Å². The Labute approximate surface area is 156 Å². The molecule has 0 radical (unpaired) electrons. The monoisotopic (exact) mass is 357 g/mol. The number of aromatic nitrogens is 2. The van der Waals surface area contributed by atoms with Gasteiger partial charge in [0.15, 0.2) is 0 Å². The summed E-state index contributed by atoms with van der Waals surface area (Å²) in [4.78, 5) is 28.5. The summed E-state index contributed by atoms with van der Waals surface area (Å²) in [5.41, 5.74) is 2.47. The molecule has 1 aromatic rings. The van der Waals surface area contributed by atoms with Gasteiger partial charge in [0.1, 0.15) is 5.82 Å². The van der Waals surface area contributed by atoms with Crippen LogP contribution >= 0.6 is 0 Å². The summed E-state index contributed by atoms with van der Waals surface area (Å²) in [7, 11) is 3.98. The quantitative estimate of drug-likeness (QED) is 0.832. The fraction of sp³-hybridized carbons (Fsp3) is 0.750. The summed E-state index contributed by atoms with van der Waals surface area (Å²) >= 11 is 0. The molecule has 2 saturated heterocycles. The highest BCUT2D eigenvalue weighted by Gasteiger charge is 2.46. The Morgan fingerprint density at radius 2 is 1.88 bits per heavy atom. The molecule has 3 fully saturated rings. The molecule has 6 nitrogen and oxygen atoms in total. The molecule has 0 aromatic carbocycles. The topological polar surface area (TPSA) is 52.6 Å². The normalized spacial score (nSPS) is 26.5. The number of carbonyl (C=O) groups excluding carboxylic acids is 1. The van der Waals surface area contributed by atoms with Gasteiger partial charge < -0.3 is 14.7 Å². The van der Waals surface area contributed by atoms with E-state index in [1.54, 1.807) is 0 Å². The lowest BCUT2D eigenvalue weighted by atomic mass is 9.73. The molecule has 1 aromatic heterocycles. The minimum atomic E-state index is 0.234. The lowest BCUT2D eigenvalue weighted by molar-refractivity contribution is -0.138. The Morgan fingerprint density at radius 1 is 1.12 bits per heavy atom. The number of carbonyl (C=O) groups is 1. The van der Waals surface area contributed by atoms with Crippen LogP contribution in [0.15, 0.2) is 0 Å². The average Bonchev–Trinajstić information content (AvgIpc) is 3.44. The molecule has 1 aliphatic carbocycles. The number of aryl methyl sites for hydroxylation is 1. The Balaban J connectivity index is 1.60. The number of hydrogen-bond acceptors (Lipinski definition) is 5. The van der Waals surface area contributed by atoms with Gasteiger partial charge in [-0.15, -0.1) is 0 Å². The summed E-state index contributed by atoms with van der Waals surface area (Å²) in [6, 6.07) is 0.526. The zero-order valence-corrected chi connectivity index (χ0v) is 16.6. The van der Waals surface area contributed by atoms with E-state index in [-0.39, 0.29) is 5.41 Å². The van der Waals surface area contributed by atoms with E-state index in [4.69, 9.17) is 4.98 Å². The lowest BCUT2D eigenvalue weighted by Gasteiger charge is -2.49. The number of amides is 1. The standard InChI is InChI=1S/C20H31N5O/c1-14-15(2)21-19(23(3)4)22-18(14)24-11-5-9-20(12-24)10-8-17(26)25(13-20)16-6-7-16/h16H,5-13H2,1-4H3/t20-/m0/s1. The molecule has 3 aliphatic rings. The fourth-order valence-electron chi connectivity index (χ4n) is 4.59. The molecule has 1 amide bonds. The molecular formula is C20H31N5O. The average molecular weight is 358 g/mol. The van der Waals surface area contributed by atoms with E-state index in [9.17, 15) is 4.79 Å². The van der Waals surface area contributed by atoms with Crippen LogP contribution in [-0.4, -0.2) is 60.5 Å². The number of nitrogens with zero attached hydrogens (tertiary/aromatic N) is 5. The summed E-state index contributed by atoms with van der Waals surface area (Å²) < 4.78 is 0. The third-order valence-electron chi connectivity index (χ3n) is 6.40. The van der Waals surface area contributed by atoms with Gasteiger partial charge in [-0.25, -0.2) is 4.98 Å². The Hall–Kier alpha value is -1.85. The third kappa shape index (κ3) is 3.14. The SMILES string of the molecule is Cc1nc(N(C)C)nc(N2CCC[C@]3(CCC(=O)N(C4CC4)C3)C2)c1C. The van der Waals surface area contributed by atoms with Crippen LogP contribution in [0.3, 0.4) is 0 Å². The van der Waals surface area contributed by atoms with Gasteiger partial charge in [0.25, 0.3) is 0 Å². The zero-order valence-electron chi connectivity index (χ0n) is 16.6. The van der Waals surface area contributed by atoms with Crippen molar-refractivity contribution in [1.82, 2.24) is 14.9 Å². The summed E-state index contributed by atoms with van der Waals surface area (Å²) in [6.45, 7) is 7.20. The van der Waals surface area contributed by atoms with E-state index in [0.717, 1.165) is 49.9 Å². The van der Waals surface area contributed by atoms with Crippen molar-refractivity contribution in [1.29, 1.82) is 0 Å². The fourth-order valence-corrected chi connectivity index (χ4v) is 4.59. The van der Waals surface area contributed by atoms with Gasteiger partial charge in [0.05, 0.1) is 0 Å². The first kappa shape index (κ1) is 17.6. The molecule has 0 unspecified atom stereocenters. The van der Waals surface area contributed by atoms with Crippen LogP contribution in [0.5, 0.6) is 0 Å². The van der Waals surface area contributed by atoms with E-state index in [0.29, 0.717) is 11.9 Å². The Bertz CT molecular complexity index is 714. The number of likely N-dealkylation sites (tertiary alicyclic amines) is 1. The smallest absolute Gasteiger partial charge is 0.227 e. The van der Waals surface area contributed by atoms with Gasteiger partial charge in [-0.2, -0.15) is 4.98 Å². The highest BCUT2D eigenvalue weighted by molar-refractivity contribution is 5.78. The second-order valence-electron chi connectivity index (χ2n) is 8.73. The maximum absolute atomic E-state index is 12.4. The van der Waals surface area contributed by atoms with Gasteiger partial charge >= 0.3 is 0 Å². The second-order valence-corrected chi connectivity index (χ2v) is 8.73. The van der Waals surface area contributed by atoms with Crippen LogP contribution in [0.1, 0.15) is 49.8 Å². The molecule has 142 valence electrons. The van der Waals surface area contributed by atoms with E-state index in [2.05, 4.69) is 28.6 Å². The van der Waals surface area contributed by atoms with Crippen LogP contribution in [0.4, 0.5) is 11.8 Å². The minimum absolute atomic E-state index is 0.234. The molecule has 2 aliphatic heterocycles. The van der Waals surface area contributed by atoms with Gasteiger partial charge in [0.2, 0.25) is 11.9 Å². The molecule has 1 atom stereocenters. The first-order chi connectivity index (χ1) is 12.4. The highest BCUT2D eigenvalue weighted by Crippen LogP contribution is 2.43. The van der Waals surface area contributed by atoms with Gasteiger partial charge in [-0.05, 0) is 46.0 Å². The maximum atomic E-state index is 12.4. The van der Waals surface area contributed by atoms with Gasteiger partial charge in [0, 0.05) is 62.9 Å². The third-order valence-corrected chi connectivity index (χ3v) is 6.40. The van der Waals surface area contributed by atoms with Crippen molar-refractivity contribution in [2.45, 2.75) is 58.4 Å². The molecule has 4 rings (SSSR count). The first-order valence-corrected chi connectivity index (χ1v) is 9.95. The molecule has 6 heteroatoms. The summed E-state index contributed by atoms with van der Waals surface area (Å²) in [5.74, 6) is 2.23. The molecular weight excluding hydrogens is 326 g/mol. The van der Waals surface area contributed by atoms with Crippen molar-refractivity contribution in [2.24, 2.45) is 5.41 Å². The summed E-state index contributed by atoms with van der Waals surface area (Å²) in [6.07, 6.45) is 6.53. The van der Waals surface area contributed by atoms with Crippen LogP contribution in [0, 0.1) is 19.3 Å². The molecule has 3 heterocycles. The molecule has 1 saturated carbocycles. The zero-order chi connectivity index (χ0) is 18.5. The first-order valence-electron chi connectivity index (χ1n) is 9.95. The lowest BCUT2D eigenvalue weighted by Crippen LogP contribution is -2.55. The number of hydrogen-bond donors (Lipinski definition) is 0. The predicted octanol–water partition coefficient (Wildman–Crippen LogP) is 2.53. The molecule has 0 bridgehead atoms. The van der Waals surface area contributed by atoms with E-state index >= 15 is 0 Å². The van der Waals surface area contributed by atoms with Crippen molar-refractivity contribution in [2.75, 3.05) is 43.5 Å². The van der Waals surface area contributed by atoms with Crippen LogP contribution in [-0.2, 0) is 4.79 Å². The van der Waals surface area contributed by atoms with Crippen LogP contribution in [0.25, 0.3) is 0 Å². The number of rotatable bonds is 3.